The van der Waals surface area contributed by atoms with Crippen molar-refractivity contribution in [2.75, 3.05) is 26.9 Å². The lowest BCUT2D eigenvalue weighted by Gasteiger charge is -2.37. The summed E-state index contributed by atoms with van der Waals surface area (Å²) in [4.78, 5) is 0. The van der Waals surface area contributed by atoms with Crippen LogP contribution in [-0.4, -0.2) is 26.9 Å². The maximum atomic E-state index is 5.73. The Morgan fingerprint density at radius 3 is 1.81 bits per heavy atom. The van der Waals surface area contributed by atoms with E-state index in [0.717, 1.165) is 43.5 Å². The highest BCUT2D eigenvalue weighted by Crippen LogP contribution is 2.41. The minimum Gasteiger partial charge on any atom is -0.384 e. The van der Waals surface area contributed by atoms with E-state index < -0.39 is 0 Å². The molecule has 0 spiro atoms. The van der Waals surface area contributed by atoms with E-state index in [9.17, 15) is 0 Å². The summed E-state index contributed by atoms with van der Waals surface area (Å²) >= 11 is 0. The molecule has 0 aromatic carbocycles. The van der Waals surface area contributed by atoms with E-state index in [1.807, 2.05) is 7.11 Å². The van der Waals surface area contributed by atoms with Crippen LogP contribution < -0.4 is 0 Å². The molecular weight excluding hydrogens is 260 g/mol. The Hall–Kier alpha value is -0.340. The summed E-state index contributed by atoms with van der Waals surface area (Å²) < 4.78 is 11.0. The van der Waals surface area contributed by atoms with Gasteiger partial charge >= 0.3 is 0 Å². The van der Waals surface area contributed by atoms with Gasteiger partial charge in [-0.15, -0.1) is 0 Å². The molecule has 0 amide bonds. The van der Waals surface area contributed by atoms with Crippen LogP contribution in [0.5, 0.6) is 0 Å². The van der Waals surface area contributed by atoms with Crippen LogP contribution in [0.25, 0.3) is 0 Å². The van der Waals surface area contributed by atoms with Crippen LogP contribution in [0, 0.1) is 23.7 Å². The predicted octanol–water partition coefficient (Wildman–Crippen LogP) is 4.84. The Kier molecular flexibility index (Phi) is 7.81. The topological polar surface area (TPSA) is 18.5 Å². The van der Waals surface area contributed by atoms with Gasteiger partial charge in [-0.1, -0.05) is 12.2 Å². The smallest absolute Gasteiger partial charge is 0.0647 e. The van der Waals surface area contributed by atoms with Crippen LogP contribution in [0.1, 0.15) is 58.3 Å². The molecule has 2 nitrogen and oxygen atoms in total. The van der Waals surface area contributed by atoms with E-state index in [-0.39, 0.29) is 0 Å². The SMILES string of the molecule is C/C=C\COCC1CCC([C@H]2CC[C@H](COC)CC2)CC1. The lowest BCUT2D eigenvalue weighted by molar-refractivity contribution is 0.0686. The average Bonchev–Trinajstić information content (AvgIpc) is 2.53. The van der Waals surface area contributed by atoms with Crippen LogP contribution in [0.15, 0.2) is 12.2 Å². The fraction of sp³-hybridized carbons (Fsp3) is 0.895. The first-order valence-electron chi connectivity index (χ1n) is 9.01. The van der Waals surface area contributed by atoms with Crippen molar-refractivity contribution in [3.8, 4) is 0 Å². The molecule has 2 saturated carbocycles. The van der Waals surface area contributed by atoms with Gasteiger partial charge in [-0.05, 0) is 82.0 Å². The van der Waals surface area contributed by atoms with Crippen LogP contribution in [0.3, 0.4) is 0 Å². The van der Waals surface area contributed by atoms with Gasteiger partial charge in [-0.3, -0.25) is 0 Å². The first-order chi connectivity index (χ1) is 10.3. The summed E-state index contributed by atoms with van der Waals surface area (Å²) in [7, 11) is 1.84. The first kappa shape index (κ1) is 17.0. The minimum absolute atomic E-state index is 0.792. The molecule has 21 heavy (non-hydrogen) atoms. The summed E-state index contributed by atoms with van der Waals surface area (Å²) in [5.74, 6) is 3.65. The monoisotopic (exact) mass is 294 g/mol. The summed E-state index contributed by atoms with van der Waals surface area (Å²) in [5.41, 5.74) is 0. The van der Waals surface area contributed by atoms with Crippen LogP contribution in [0.4, 0.5) is 0 Å². The first-order valence-corrected chi connectivity index (χ1v) is 9.01. The molecule has 0 radical (unpaired) electrons. The van der Waals surface area contributed by atoms with Crippen LogP contribution in [-0.2, 0) is 9.47 Å². The Balaban J connectivity index is 1.61. The van der Waals surface area contributed by atoms with Crippen molar-refractivity contribution in [2.45, 2.75) is 58.3 Å². The molecule has 0 aliphatic heterocycles. The minimum atomic E-state index is 0.792. The van der Waals surface area contributed by atoms with Crippen molar-refractivity contribution in [1.29, 1.82) is 0 Å². The number of ether oxygens (including phenoxy) is 2. The molecule has 0 aromatic rings. The maximum absolute atomic E-state index is 5.73. The van der Waals surface area contributed by atoms with Crippen molar-refractivity contribution in [3.05, 3.63) is 12.2 Å². The third kappa shape index (κ3) is 5.75. The molecular formula is C19H34O2. The van der Waals surface area contributed by atoms with Crippen LogP contribution in [0.2, 0.25) is 0 Å². The molecule has 0 N–H and O–H groups in total. The Morgan fingerprint density at radius 1 is 0.810 bits per heavy atom. The fourth-order valence-electron chi connectivity index (χ4n) is 4.29. The molecule has 0 saturated heterocycles. The summed E-state index contributed by atoms with van der Waals surface area (Å²) in [6.07, 6.45) is 15.5. The maximum Gasteiger partial charge on any atom is 0.0647 e. The standard InChI is InChI=1S/C19H34O2/c1-3-4-13-21-15-17-7-11-19(12-8-17)18-9-5-16(6-10-18)14-20-2/h3-4,16-19H,5-15H2,1-2H3/b4-3-/t16-,17?,18-,19?. The van der Waals surface area contributed by atoms with Crippen molar-refractivity contribution < 1.29 is 9.47 Å². The number of methoxy groups -OCH3 is 1. The van der Waals surface area contributed by atoms with Crippen LogP contribution >= 0.6 is 0 Å². The van der Waals surface area contributed by atoms with E-state index in [4.69, 9.17) is 9.47 Å². The molecule has 2 fully saturated rings. The molecule has 0 heterocycles. The van der Waals surface area contributed by atoms with E-state index in [1.54, 1.807) is 0 Å². The summed E-state index contributed by atoms with van der Waals surface area (Å²) in [5, 5.41) is 0. The fourth-order valence-corrected chi connectivity index (χ4v) is 4.29. The molecule has 0 atom stereocenters. The molecule has 0 aromatic heterocycles. The lowest BCUT2D eigenvalue weighted by Crippen LogP contribution is -2.28. The molecule has 2 aliphatic carbocycles. The van der Waals surface area contributed by atoms with E-state index >= 15 is 0 Å². The van der Waals surface area contributed by atoms with Gasteiger partial charge in [0.1, 0.15) is 0 Å². The van der Waals surface area contributed by atoms with Gasteiger partial charge in [0.05, 0.1) is 6.61 Å². The van der Waals surface area contributed by atoms with Gasteiger partial charge < -0.3 is 9.47 Å². The third-order valence-corrected chi connectivity index (χ3v) is 5.66. The zero-order chi connectivity index (χ0) is 14.9. The predicted molar refractivity (Wildman–Crippen MR) is 88.4 cm³/mol. The zero-order valence-corrected chi connectivity index (χ0v) is 14.1. The highest BCUT2D eigenvalue weighted by molar-refractivity contribution is 4.82. The third-order valence-electron chi connectivity index (χ3n) is 5.66. The number of hydrogen-bond acceptors (Lipinski definition) is 2. The van der Waals surface area contributed by atoms with Crippen molar-refractivity contribution in [1.82, 2.24) is 0 Å². The Bertz CT molecular complexity index is 284. The number of rotatable bonds is 7. The van der Waals surface area contributed by atoms with E-state index in [2.05, 4.69) is 19.1 Å². The zero-order valence-electron chi connectivity index (χ0n) is 14.1. The second kappa shape index (κ2) is 9.63. The second-order valence-electron chi connectivity index (χ2n) is 7.12. The molecule has 0 bridgehead atoms. The number of hydrogen-bond donors (Lipinski definition) is 0. The lowest BCUT2D eigenvalue weighted by atomic mass is 9.69. The van der Waals surface area contributed by atoms with E-state index in [1.165, 1.54) is 51.4 Å². The highest BCUT2D eigenvalue weighted by atomic mass is 16.5. The largest absolute Gasteiger partial charge is 0.384 e. The quantitative estimate of drug-likeness (QED) is 0.494. The Labute approximate surface area is 131 Å². The van der Waals surface area contributed by atoms with Gasteiger partial charge in [0.15, 0.2) is 0 Å². The average molecular weight is 294 g/mol. The van der Waals surface area contributed by atoms with Gasteiger partial charge in [0.25, 0.3) is 0 Å². The van der Waals surface area contributed by atoms with Gasteiger partial charge in [0, 0.05) is 20.3 Å². The van der Waals surface area contributed by atoms with Crippen molar-refractivity contribution in [2.24, 2.45) is 23.7 Å². The molecule has 2 rings (SSSR count). The number of allylic oxidation sites excluding steroid dienone is 1. The molecule has 122 valence electrons. The van der Waals surface area contributed by atoms with Gasteiger partial charge in [-0.2, -0.15) is 0 Å². The Morgan fingerprint density at radius 2 is 1.33 bits per heavy atom. The normalized spacial score (nSPS) is 34.4. The van der Waals surface area contributed by atoms with Crippen molar-refractivity contribution in [3.63, 3.8) is 0 Å². The van der Waals surface area contributed by atoms with Gasteiger partial charge in [0.2, 0.25) is 0 Å². The highest BCUT2D eigenvalue weighted by Gasteiger charge is 2.30. The molecule has 2 aliphatic rings. The molecule has 0 unspecified atom stereocenters. The van der Waals surface area contributed by atoms with Crippen molar-refractivity contribution >= 4 is 0 Å². The summed E-state index contributed by atoms with van der Waals surface area (Å²) in [6, 6.07) is 0. The summed E-state index contributed by atoms with van der Waals surface area (Å²) in [6.45, 7) is 4.79. The second-order valence-corrected chi connectivity index (χ2v) is 7.12. The van der Waals surface area contributed by atoms with E-state index in [0.29, 0.717) is 0 Å². The van der Waals surface area contributed by atoms with Gasteiger partial charge in [-0.25, -0.2) is 0 Å². The molecule has 2 heteroatoms.